The predicted octanol–water partition coefficient (Wildman–Crippen LogP) is 0.516. The normalized spacial score (nSPS) is 11.3. The highest BCUT2D eigenvalue weighted by Gasteiger charge is 2.22. The number of nitrogens with one attached hydrogen (secondary N) is 1. The molecule has 0 saturated heterocycles. The van der Waals surface area contributed by atoms with Crippen molar-refractivity contribution in [3.05, 3.63) is 27.4 Å². The molecule has 0 aliphatic rings. The Morgan fingerprint density at radius 2 is 2.27 bits per heavy atom. The summed E-state index contributed by atoms with van der Waals surface area (Å²) in [5.41, 5.74) is 4.34. The lowest BCUT2D eigenvalue weighted by Gasteiger charge is -2.26. The molecule has 1 heterocycles. The van der Waals surface area contributed by atoms with E-state index in [2.05, 4.69) is 4.98 Å². The van der Waals surface area contributed by atoms with E-state index >= 15 is 0 Å². The van der Waals surface area contributed by atoms with Crippen LogP contribution in [0.25, 0.3) is 0 Å². The molecule has 0 aliphatic heterocycles. The molecule has 1 amide bonds. The molecule has 6 heteroatoms. The smallest absolute Gasteiger partial charge is 0.251 e. The highest BCUT2D eigenvalue weighted by molar-refractivity contribution is 7.71. The number of carbonyl (C=O) groups excluding carboxylic acids is 1. The third-order valence-corrected chi connectivity index (χ3v) is 2.38. The molecule has 0 saturated carbocycles. The van der Waals surface area contributed by atoms with Gasteiger partial charge in [-0.25, -0.2) is 0 Å². The number of carbonyl (C=O) groups is 1. The van der Waals surface area contributed by atoms with Crippen molar-refractivity contribution in [2.75, 3.05) is 0 Å². The van der Waals surface area contributed by atoms with Crippen LogP contribution in [0.3, 0.4) is 0 Å². The predicted molar refractivity (Wildman–Crippen MR) is 59.0 cm³/mol. The summed E-state index contributed by atoms with van der Waals surface area (Å²) in [7, 11) is 0. The molecule has 0 fully saturated rings. The van der Waals surface area contributed by atoms with Crippen molar-refractivity contribution in [1.82, 2.24) is 9.55 Å². The summed E-state index contributed by atoms with van der Waals surface area (Å²) in [6.07, 6.45) is 1.72. The minimum atomic E-state index is -0.535. The van der Waals surface area contributed by atoms with Crippen molar-refractivity contribution in [3.63, 3.8) is 0 Å². The monoisotopic (exact) mass is 227 g/mol. The number of nitrogens with two attached hydrogens (primary N) is 1. The van der Waals surface area contributed by atoms with Gasteiger partial charge in [-0.15, -0.1) is 0 Å². The molecular formula is C9H13N3O2S. The van der Waals surface area contributed by atoms with Crippen LogP contribution in [0.5, 0.6) is 0 Å². The average molecular weight is 227 g/mol. The summed E-state index contributed by atoms with van der Waals surface area (Å²) in [5, 5.41) is 0. The van der Waals surface area contributed by atoms with E-state index in [-0.39, 0.29) is 16.8 Å². The lowest BCUT2D eigenvalue weighted by atomic mass is 10.0. The molecule has 5 nitrogen and oxygen atoms in total. The van der Waals surface area contributed by atoms with Crippen LogP contribution in [0.4, 0.5) is 0 Å². The molecule has 1 rings (SSSR count). The average Bonchev–Trinajstić information content (AvgIpc) is 1.99. The summed E-state index contributed by atoms with van der Waals surface area (Å²) in [6.45, 7) is 3.65. The van der Waals surface area contributed by atoms with Crippen LogP contribution in [-0.2, 0) is 10.3 Å². The SMILES string of the molecule is CC(C)(CC(N)=O)n1ccc(=O)[nH]c1=S. The first kappa shape index (κ1) is 11.6. The van der Waals surface area contributed by atoms with Gasteiger partial charge < -0.3 is 10.3 Å². The van der Waals surface area contributed by atoms with Gasteiger partial charge in [-0.05, 0) is 26.1 Å². The number of amides is 1. The fourth-order valence-corrected chi connectivity index (χ4v) is 1.81. The number of hydrogen-bond donors (Lipinski definition) is 2. The molecule has 0 atom stereocenters. The maximum Gasteiger partial charge on any atom is 0.251 e. The minimum absolute atomic E-state index is 0.160. The highest BCUT2D eigenvalue weighted by atomic mass is 32.1. The molecule has 0 spiro atoms. The standard InChI is InChI=1S/C9H13N3O2S/c1-9(2,5-6(10)13)12-4-3-7(14)11-8(12)15/h3-4H,5H2,1-2H3,(H2,10,13)(H,11,14,15). The number of H-pyrrole nitrogens is 1. The summed E-state index contributed by atoms with van der Waals surface area (Å²) >= 11 is 5.00. The molecule has 3 N–H and O–H groups in total. The van der Waals surface area contributed by atoms with Gasteiger partial charge >= 0.3 is 0 Å². The third kappa shape index (κ3) is 2.76. The van der Waals surface area contributed by atoms with Gasteiger partial charge in [0.25, 0.3) is 5.56 Å². The minimum Gasteiger partial charge on any atom is -0.370 e. The second-order valence-corrected chi connectivity index (χ2v) is 4.32. The van der Waals surface area contributed by atoms with Crippen LogP contribution in [0.2, 0.25) is 0 Å². The maximum absolute atomic E-state index is 11.0. The quantitative estimate of drug-likeness (QED) is 0.738. The summed E-state index contributed by atoms with van der Waals surface area (Å²) in [4.78, 5) is 24.3. The van der Waals surface area contributed by atoms with E-state index in [1.807, 2.05) is 13.8 Å². The molecule has 82 valence electrons. The van der Waals surface area contributed by atoms with Gasteiger partial charge in [0.15, 0.2) is 4.77 Å². The second kappa shape index (κ2) is 3.98. The topological polar surface area (TPSA) is 80.9 Å². The molecular weight excluding hydrogens is 214 g/mol. The molecule has 0 unspecified atom stereocenters. The Balaban J connectivity index is 3.21. The van der Waals surface area contributed by atoms with E-state index in [0.29, 0.717) is 0 Å². The van der Waals surface area contributed by atoms with Gasteiger partial charge in [-0.1, -0.05) is 0 Å². The van der Waals surface area contributed by atoms with E-state index in [1.54, 1.807) is 10.8 Å². The van der Waals surface area contributed by atoms with Crippen molar-refractivity contribution in [2.24, 2.45) is 5.73 Å². The lowest BCUT2D eigenvalue weighted by molar-refractivity contribution is -0.119. The van der Waals surface area contributed by atoms with Gasteiger partial charge in [0.1, 0.15) is 0 Å². The van der Waals surface area contributed by atoms with E-state index < -0.39 is 11.4 Å². The zero-order valence-corrected chi connectivity index (χ0v) is 9.43. The fraction of sp³-hybridized carbons (Fsp3) is 0.444. The Hall–Kier alpha value is -1.43. The third-order valence-electron chi connectivity index (χ3n) is 2.08. The van der Waals surface area contributed by atoms with Crippen LogP contribution in [0.15, 0.2) is 17.1 Å². The number of rotatable bonds is 3. The van der Waals surface area contributed by atoms with Crippen LogP contribution >= 0.6 is 12.2 Å². The van der Waals surface area contributed by atoms with Crippen molar-refractivity contribution >= 4 is 18.1 Å². The van der Waals surface area contributed by atoms with Gasteiger partial charge in [-0.3, -0.25) is 14.6 Å². The molecule has 0 aliphatic carbocycles. The van der Waals surface area contributed by atoms with Crippen molar-refractivity contribution in [3.8, 4) is 0 Å². The van der Waals surface area contributed by atoms with Gasteiger partial charge in [0, 0.05) is 24.2 Å². The van der Waals surface area contributed by atoms with Gasteiger partial charge in [-0.2, -0.15) is 0 Å². The molecule has 1 aromatic rings. The van der Waals surface area contributed by atoms with Crippen LogP contribution in [0, 0.1) is 4.77 Å². The van der Waals surface area contributed by atoms with Gasteiger partial charge in [0.2, 0.25) is 5.91 Å². The summed E-state index contributed by atoms with van der Waals surface area (Å²) in [5.74, 6) is -0.409. The van der Waals surface area contributed by atoms with Crippen LogP contribution in [0.1, 0.15) is 20.3 Å². The highest BCUT2D eigenvalue weighted by Crippen LogP contribution is 2.18. The summed E-state index contributed by atoms with van der Waals surface area (Å²) < 4.78 is 1.93. The number of hydrogen-bond acceptors (Lipinski definition) is 3. The van der Waals surface area contributed by atoms with Gasteiger partial charge in [0.05, 0.1) is 0 Å². The Labute approximate surface area is 91.9 Å². The zero-order chi connectivity index (χ0) is 11.6. The zero-order valence-electron chi connectivity index (χ0n) is 8.61. The molecule has 1 aromatic heterocycles. The number of nitrogens with zero attached hydrogens (tertiary/aromatic N) is 1. The first-order valence-corrected chi connectivity index (χ1v) is 4.84. The molecule has 0 radical (unpaired) electrons. The Bertz CT molecular complexity index is 487. The molecule has 0 bridgehead atoms. The van der Waals surface area contributed by atoms with Crippen LogP contribution < -0.4 is 11.3 Å². The second-order valence-electron chi connectivity index (χ2n) is 3.94. The van der Waals surface area contributed by atoms with E-state index in [9.17, 15) is 9.59 Å². The number of primary amides is 1. The van der Waals surface area contributed by atoms with Crippen molar-refractivity contribution in [1.29, 1.82) is 0 Å². The molecule has 0 aromatic carbocycles. The van der Waals surface area contributed by atoms with Crippen molar-refractivity contribution < 1.29 is 4.79 Å². The molecule has 15 heavy (non-hydrogen) atoms. The lowest BCUT2D eigenvalue weighted by Crippen LogP contribution is -2.33. The number of aromatic amines is 1. The Kier molecular flexibility index (Phi) is 3.09. The summed E-state index contributed by atoms with van der Waals surface area (Å²) in [6, 6.07) is 1.36. The Morgan fingerprint density at radius 1 is 1.67 bits per heavy atom. The first-order valence-electron chi connectivity index (χ1n) is 4.44. The van der Waals surface area contributed by atoms with E-state index in [4.69, 9.17) is 18.0 Å². The van der Waals surface area contributed by atoms with E-state index in [1.165, 1.54) is 6.07 Å². The first-order chi connectivity index (χ1) is 6.83. The van der Waals surface area contributed by atoms with Crippen LogP contribution in [-0.4, -0.2) is 15.5 Å². The largest absolute Gasteiger partial charge is 0.370 e. The van der Waals surface area contributed by atoms with E-state index in [0.717, 1.165) is 0 Å². The number of aromatic nitrogens is 2. The fourth-order valence-electron chi connectivity index (χ4n) is 1.41. The van der Waals surface area contributed by atoms with Crippen molar-refractivity contribution in [2.45, 2.75) is 25.8 Å². The Morgan fingerprint density at radius 3 is 2.73 bits per heavy atom. The maximum atomic E-state index is 11.0.